The van der Waals surface area contributed by atoms with Crippen molar-refractivity contribution in [3.63, 3.8) is 0 Å². The molecule has 1 heterocycles. The van der Waals surface area contributed by atoms with Gasteiger partial charge in [-0.25, -0.2) is 0 Å². The molecule has 1 aromatic rings. The minimum absolute atomic E-state index is 0.372. The van der Waals surface area contributed by atoms with Crippen LogP contribution >= 0.6 is 23.4 Å². The molecule has 2 atom stereocenters. The standard InChI is InChI=1S/C15H23ClN2S/c1-3-7-17-15(12-5-4-6-13(16)10-12)14-11-19-9-8-18(14)2/h4-6,10,14-15,17H,3,7-9,11H2,1-2H3. The minimum atomic E-state index is 0.372. The Balaban J connectivity index is 2.19. The fourth-order valence-electron chi connectivity index (χ4n) is 2.53. The van der Waals surface area contributed by atoms with Crippen LogP contribution in [0.2, 0.25) is 5.02 Å². The van der Waals surface area contributed by atoms with Crippen molar-refractivity contribution in [3.05, 3.63) is 34.9 Å². The molecule has 0 amide bonds. The van der Waals surface area contributed by atoms with Crippen molar-refractivity contribution in [2.75, 3.05) is 31.6 Å². The zero-order chi connectivity index (χ0) is 13.7. The van der Waals surface area contributed by atoms with E-state index in [-0.39, 0.29) is 0 Å². The Morgan fingerprint density at radius 2 is 2.37 bits per heavy atom. The van der Waals surface area contributed by atoms with E-state index in [2.05, 4.69) is 48.1 Å². The Morgan fingerprint density at radius 3 is 3.05 bits per heavy atom. The van der Waals surface area contributed by atoms with Crippen LogP contribution in [0.3, 0.4) is 0 Å². The maximum absolute atomic E-state index is 6.15. The van der Waals surface area contributed by atoms with Crippen LogP contribution in [0.4, 0.5) is 0 Å². The van der Waals surface area contributed by atoms with Gasteiger partial charge in [-0.2, -0.15) is 11.8 Å². The molecule has 0 spiro atoms. The second-order valence-electron chi connectivity index (χ2n) is 5.11. The number of halogens is 1. The lowest BCUT2D eigenvalue weighted by Gasteiger charge is -2.38. The predicted molar refractivity (Wildman–Crippen MR) is 86.2 cm³/mol. The summed E-state index contributed by atoms with van der Waals surface area (Å²) in [5.74, 6) is 2.42. The van der Waals surface area contributed by atoms with E-state index in [1.807, 2.05) is 12.1 Å². The lowest BCUT2D eigenvalue weighted by molar-refractivity contribution is 0.216. The number of thioether (sulfide) groups is 1. The van der Waals surface area contributed by atoms with E-state index in [0.29, 0.717) is 12.1 Å². The number of nitrogens with one attached hydrogen (secondary N) is 1. The average molecular weight is 299 g/mol. The number of benzene rings is 1. The lowest BCUT2D eigenvalue weighted by atomic mass is 9.99. The summed E-state index contributed by atoms with van der Waals surface area (Å²) in [5, 5.41) is 4.53. The van der Waals surface area contributed by atoms with Gasteiger partial charge in [-0.05, 0) is 37.7 Å². The van der Waals surface area contributed by atoms with Crippen molar-refractivity contribution in [3.8, 4) is 0 Å². The highest BCUT2D eigenvalue weighted by Gasteiger charge is 2.28. The van der Waals surface area contributed by atoms with Crippen LogP contribution in [0.15, 0.2) is 24.3 Å². The summed E-state index contributed by atoms with van der Waals surface area (Å²) in [4.78, 5) is 2.48. The van der Waals surface area contributed by atoms with Crippen molar-refractivity contribution in [2.24, 2.45) is 0 Å². The molecule has 1 fully saturated rings. The number of likely N-dealkylation sites (N-methyl/N-ethyl adjacent to an activating group) is 1. The molecule has 0 radical (unpaired) electrons. The molecule has 106 valence electrons. The summed E-state index contributed by atoms with van der Waals surface area (Å²) in [6.07, 6.45) is 1.15. The molecule has 4 heteroatoms. The number of hydrogen-bond donors (Lipinski definition) is 1. The molecule has 19 heavy (non-hydrogen) atoms. The zero-order valence-electron chi connectivity index (χ0n) is 11.7. The first-order valence-corrected chi connectivity index (χ1v) is 8.52. The van der Waals surface area contributed by atoms with Crippen molar-refractivity contribution in [2.45, 2.75) is 25.4 Å². The molecular weight excluding hydrogens is 276 g/mol. The molecular formula is C15H23ClN2S. The average Bonchev–Trinajstić information content (AvgIpc) is 2.41. The van der Waals surface area contributed by atoms with E-state index >= 15 is 0 Å². The quantitative estimate of drug-likeness (QED) is 0.896. The van der Waals surface area contributed by atoms with Gasteiger partial charge in [0, 0.05) is 35.2 Å². The maximum atomic E-state index is 6.15. The van der Waals surface area contributed by atoms with Crippen molar-refractivity contribution >= 4 is 23.4 Å². The molecule has 0 aromatic heterocycles. The first-order valence-electron chi connectivity index (χ1n) is 6.99. The van der Waals surface area contributed by atoms with Crippen LogP contribution < -0.4 is 5.32 Å². The highest BCUT2D eigenvalue weighted by Crippen LogP contribution is 2.28. The highest BCUT2D eigenvalue weighted by molar-refractivity contribution is 7.99. The molecule has 2 rings (SSSR count). The largest absolute Gasteiger partial charge is 0.309 e. The highest BCUT2D eigenvalue weighted by atomic mass is 35.5. The topological polar surface area (TPSA) is 15.3 Å². The Hall–Kier alpha value is -0.220. The van der Waals surface area contributed by atoms with Gasteiger partial charge in [0.25, 0.3) is 0 Å². The molecule has 1 aliphatic heterocycles. The van der Waals surface area contributed by atoms with E-state index in [4.69, 9.17) is 11.6 Å². The molecule has 1 aromatic carbocycles. The second-order valence-corrected chi connectivity index (χ2v) is 6.70. The third kappa shape index (κ3) is 4.12. The van der Waals surface area contributed by atoms with E-state index in [1.54, 1.807) is 0 Å². The summed E-state index contributed by atoms with van der Waals surface area (Å²) >= 11 is 8.20. The number of rotatable bonds is 5. The van der Waals surface area contributed by atoms with Gasteiger partial charge >= 0.3 is 0 Å². The minimum Gasteiger partial charge on any atom is -0.309 e. The molecule has 0 saturated carbocycles. The van der Waals surface area contributed by atoms with Crippen LogP contribution in [0.25, 0.3) is 0 Å². The number of nitrogens with zero attached hydrogens (tertiary/aromatic N) is 1. The van der Waals surface area contributed by atoms with E-state index < -0.39 is 0 Å². The number of hydrogen-bond acceptors (Lipinski definition) is 3. The zero-order valence-corrected chi connectivity index (χ0v) is 13.3. The van der Waals surface area contributed by atoms with Gasteiger partial charge in [0.1, 0.15) is 0 Å². The third-order valence-electron chi connectivity index (χ3n) is 3.65. The summed E-state index contributed by atoms with van der Waals surface area (Å²) in [6, 6.07) is 9.20. The molecule has 0 bridgehead atoms. The fraction of sp³-hybridized carbons (Fsp3) is 0.600. The lowest BCUT2D eigenvalue weighted by Crippen LogP contribution is -2.48. The van der Waals surface area contributed by atoms with Crippen LogP contribution in [0.1, 0.15) is 24.9 Å². The molecule has 2 unspecified atom stereocenters. The van der Waals surface area contributed by atoms with Gasteiger partial charge in [0.05, 0.1) is 0 Å². The Kier molecular flexibility index (Phi) is 6.02. The summed E-state index contributed by atoms with van der Waals surface area (Å²) < 4.78 is 0. The summed E-state index contributed by atoms with van der Waals surface area (Å²) in [5.41, 5.74) is 1.31. The molecule has 1 aliphatic rings. The van der Waals surface area contributed by atoms with Crippen LogP contribution in [-0.4, -0.2) is 42.6 Å². The summed E-state index contributed by atoms with van der Waals surface area (Å²) in [7, 11) is 2.23. The van der Waals surface area contributed by atoms with Crippen LogP contribution in [0.5, 0.6) is 0 Å². The van der Waals surface area contributed by atoms with E-state index in [0.717, 1.165) is 18.0 Å². The van der Waals surface area contributed by atoms with Crippen molar-refractivity contribution in [1.82, 2.24) is 10.2 Å². The molecule has 1 N–H and O–H groups in total. The van der Waals surface area contributed by atoms with Crippen LogP contribution in [0, 0.1) is 0 Å². The Morgan fingerprint density at radius 1 is 1.53 bits per heavy atom. The Labute approximate surface area is 125 Å². The normalized spacial score (nSPS) is 22.4. The maximum Gasteiger partial charge on any atom is 0.0486 e. The third-order valence-corrected chi connectivity index (χ3v) is 4.93. The smallest absolute Gasteiger partial charge is 0.0486 e. The first kappa shape index (κ1) is 15.2. The first-order chi connectivity index (χ1) is 9.22. The Bertz CT molecular complexity index is 399. The van der Waals surface area contributed by atoms with Gasteiger partial charge in [-0.3, -0.25) is 4.90 Å². The van der Waals surface area contributed by atoms with Gasteiger partial charge in [-0.1, -0.05) is 30.7 Å². The molecule has 0 aliphatic carbocycles. The monoisotopic (exact) mass is 298 g/mol. The van der Waals surface area contributed by atoms with Crippen molar-refractivity contribution in [1.29, 1.82) is 0 Å². The molecule has 1 saturated heterocycles. The van der Waals surface area contributed by atoms with E-state index in [1.165, 1.54) is 23.6 Å². The predicted octanol–water partition coefficient (Wildman–Crippen LogP) is 3.43. The van der Waals surface area contributed by atoms with E-state index in [9.17, 15) is 0 Å². The van der Waals surface area contributed by atoms with Gasteiger partial charge in [0.15, 0.2) is 0 Å². The van der Waals surface area contributed by atoms with Gasteiger partial charge < -0.3 is 5.32 Å². The second kappa shape index (κ2) is 7.53. The van der Waals surface area contributed by atoms with Gasteiger partial charge in [0.2, 0.25) is 0 Å². The fourth-order valence-corrected chi connectivity index (χ4v) is 4.00. The SMILES string of the molecule is CCCNC(c1cccc(Cl)c1)C1CSCCN1C. The van der Waals surface area contributed by atoms with Gasteiger partial charge in [-0.15, -0.1) is 0 Å². The van der Waals surface area contributed by atoms with Crippen LogP contribution in [-0.2, 0) is 0 Å². The van der Waals surface area contributed by atoms with Crippen molar-refractivity contribution < 1.29 is 0 Å². The summed E-state index contributed by atoms with van der Waals surface area (Å²) in [6.45, 7) is 4.42. The molecule has 2 nitrogen and oxygen atoms in total.